The molecule has 0 spiro atoms. The standard InChI is InChI=1S/C19H13N3O4/c1-11-15(14-7-2-3-8-16(14)20-11)10-17-19(23)26-18(21-17)12-5-4-6-13(9-12)22(24)25/h2-10,23H,1H3/b15-10+. The van der Waals surface area contributed by atoms with Gasteiger partial charge in [-0.3, -0.25) is 15.1 Å². The molecule has 1 aromatic heterocycles. The van der Waals surface area contributed by atoms with E-state index in [0.717, 1.165) is 22.5 Å². The van der Waals surface area contributed by atoms with Crippen molar-refractivity contribution in [1.29, 1.82) is 0 Å². The molecule has 2 heterocycles. The predicted octanol–water partition coefficient (Wildman–Crippen LogP) is 4.60. The zero-order chi connectivity index (χ0) is 18.3. The van der Waals surface area contributed by atoms with Crippen LogP contribution in [0.4, 0.5) is 11.4 Å². The van der Waals surface area contributed by atoms with E-state index in [1.807, 2.05) is 31.2 Å². The fourth-order valence-corrected chi connectivity index (χ4v) is 2.85. The molecule has 1 aliphatic rings. The van der Waals surface area contributed by atoms with Gasteiger partial charge in [-0.2, -0.15) is 0 Å². The van der Waals surface area contributed by atoms with E-state index in [2.05, 4.69) is 9.98 Å². The van der Waals surface area contributed by atoms with Gasteiger partial charge in [0.15, 0.2) is 0 Å². The molecule has 1 aliphatic heterocycles. The Morgan fingerprint density at radius 3 is 2.81 bits per heavy atom. The lowest BCUT2D eigenvalue weighted by Gasteiger charge is -1.99. The molecule has 7 heteroatoms. The van der Waals surface area contributed by atoms with Gasteiger partial charge < -0.3 is 9.52 Å². The molecule has 7 nitrogen and oxygen atoms in total. The summed E-state index contributed by atoms with van der Waals surface area (Å²) in [5.74, 6) is -0.241. The number of nitro groups is 1. The van der Waals surface area contributed by atoms with Crippen LogP contribution in [0.5, 0.6) is 5.95 Å². The molecule has 0 atom stereocenters. The number of nitrogens with zero attached hydrogens (tertiary/aromatic N) is 3. The van der Waals surface area contributed by atoms with Gasteiger partial charge in [-0.15, -0.1) is 0 Å². The van der Waals surface area contributed by atoms with Gasteiger partial charge in [0.25, 0.3) is 5.69 Å². The van der Waals surface area contributed by atoms with Crippen molar-refractivity contribution in [3.05, 3.63) is 69.9 Å². The molecular weight excluding hydrogens is 334 g/mol. The average molecular weight is 347 g/mol. The third kappa shape index (κ3) is 2.65. The molecule has 1 N–H and O–H groups in total. The first-order valence-electron chi connectivity index (χ1n) is 7.84. The monoisotopic (exact) mass is 347 g/mol. The number of oxazole rings is 1. The van der Waals surface area contributed by atoms with Gasteiger partial charge in [0.2, 0.25) is 5.89 Å². The Morgan fingerprint density at radius 1 is 1.19 bits per heavy atom. The van der Waals surface area contributed by atoms with Crippen LogP contribution >= 0.6 is 0 Å². The first kappa shape index (κ1) is 15.8. The number of benzene rings is 2. The molecule has 3 aromatic rings. The van der Waals surface area contributed by atoms with Crippen LogP contribution in [0.3, 0.4) is 0 Å². The lowest BCUT2D eigenvalue weighted by molar-refractivity contribution is -0.384. The Morgan fingerprint density at radius 2 is 2.00 bits per heavy atom. The number of fused-ring (bicyclic) bond motifs is 1. The van der Waals surface area contributed by atoms with E-state index >= 15 is 0 Å². The number of nitro benzene ring substituents is 1. The van der Waals surface area contributed by atoms with Crippen LogP contribution in [0, 0.1) is 10.1 Å². The number of hydrogen-bond acceptors (Lipinski definition) is 6. The number of aromatic hydroxyl groups is 1. The summed E-state index contributed by atoms with van der Waals surface area (Å²) in [5.41, 5.74) is 4.04. The second kappa shape index (κ2) is 5.96. The SMILES string of the molecule is CC1=Nc2ccccc2/C1=C/c1nc(-c2cccc([N+](=O)[O-])c2)oc1O. The topological polar surface area (TPSA) is 102 Å². The van der Waals surface area contributed by atoms with Crippen LogP contribution in [0.2, 0.25) is 0 Å². The van der Waals surface area contributed by atoms with Gasteiger partial charge in [-0.1, -0.05) is 24.3 Å². The minimum atomic E-state index is -0.496. The van der Waals surface area contributed by atoms with Crippen molar-refractivity contribution < 1.29 is 14.4 Å². The van der Waals surface area contributed by atoms with E-state index in [-0.39, 0.29) is 23.2 Å². The molecule has 0 unspecified atom stereocenters. The van der Waals surface area contributed by atoms with Gasteiger partial charge in [-0.25, -0.2) is 4.98 Å². The van der Waals surface area contributed by atoms with Crippen molar-refractivity contribution >= 4 is 28.7 Å². The molecule has 0 fully saturated rings. The maximum absolute atomic E-state index is 10.9. The van der Waals surface area contributed by atoms with Gasteiger partial charge in [0, 0.05) is 34.5 Å². The molecule has 0 saturated carbocycles. The van der Waals surface area contributed by atoms with Crippen LogP contribution in [0.1, 0.15) is 18.2 Å². The number of rotatable bonds is 3. The summed E-state index contributed by atoms with van der Waals surface area (Å²) in [4.78, 5) is 19.2. The second-order valence-corrected chi connectivity index (χ2v) is 5.79. The summed E-state index contributed by atoms with van der Waals surface area (Å²) in [5, 5.41) is 21.0. The molecule has 0 bridgehead atoms. The summed E-state index contributed by atoms with van der Waals surface area (Å²) in [6.07, 6.45) is 1.70. The van der Waals surface area contributed by atoms with Crippen molar-refractivity contribution in [1.82, 2.24) is 4.98 Å². The Bertz CT molecular complexity index is 1100. The van der Waals surface area contributed by atoms with Crippen molar-refractivity contribution in [3.63, 3.8) is 0 Å². The second-order valence-electron chi connectivity index (χ2n) is 5.79. The normalized spacial score (nSPS) is 14.3. The largest absolute Gasteiger partial charge is 0.479 e. The van der Waals surface area contributed by atoms with E-state index < -0.39 is 4.92 Å². The number of para-hydroxylation sites is 1. The van der Waals surface area contributed by atoms with Crippen molar-refractivity contribution in [2.75, 3.05) is 0 Å². The number of aromatic nitrogens is 1. The van der Waals surface area contributed by atoms with E-state index in [4.69, 9.17) is 4.42 Å². The lowest BCUT2D eigenvalue weighted by Crippen LogP contribution is -1.90. The highest BCUT2D eigenvalue weighted by Crippen LogP contribution is 2.37. The Kier molecular flexibility index (Phi) is 3.62. The summed E-state index contributed by atoms with van der Waals surface area (Å²) in [6, 6.07) is 13.6. The van der Waals surface area contributed by atoms with Crippen LogP contribution in [0.25, 0.3) is 23.1 Å². The number of aliphatic imine (C=N–C) groups is 1. The molecule has 26 heavy (non-hydrogen) atoms. The summed E-state index contributed by atoms with van der Waals surface area (Å²) >= 11 is 0. The first-order chi connectivity index (χ1) is 12.5. The molecule has 4 rings (SSSR count). The van der Waals surface area contributed by atoms with E-state index in [9.17, 15) is 15.2 Å². The fourth-order valence-electron chi connectivity index (χ4n) is 2.85. The Balaban J connectivity index is 1.76. The van der Waals surface area contributed by atoms with Gasteiger partial charge in [0.1, 0.15) is 5.69 Å². The third-order valence-electron chi connectivity index (χ3n) is 4.09. The van der Waals surface area contributed by atoms with E-state index in [1.54, 1.807) is 12.1 Å². The first-order valence-corrected chi connectivity index (χ1v) is 7.84. The number of hydrogen-bond donors (Lipinski definition) is 1. The van der Waals surface area contributed by atoms with Crippen LogP contribution in [-0.4, -0.2) is 20.7 Å². The minimum absolute atomic E-state index is 0.0761. The van der Waals surface area contributed by atoms with Crippen LogP contribution in [0.15, 0.2) is 57.9 Å². The average Bonchev–Trinajstić information content (AvgIpc) is 3.16. The maximum atomic E-state index is 10.9. The Labute approximate surface area is 148 Å². The van der Waals surface area contributed by atoms with Crippen LogP contribution in [-0.2, 0) is 0 Å². The summed E-state index contributed by atoms with van der Waals surface area (Å²) in [6.45, 7) is 1.88. The smallest absolute Gasteiger partial charge is 0.310 e. The quantitative estimate of drug-likeness (QED) is 0.551. The molecule has 2 aromatic carbocycles. The molecule has 0 aliphatic carbocycles. The third-order valence-corrected chi connectivity index (χ3v) is 4.09. The summed E-state index contributed by atoms with van der Waals surface area (Å²) < 4.78 is 5.31. The highest BCUT2D eigenvalue weighted by molar-refractivity contribution is 6.31. The molecule has 0 radical (unpaired) electrons. The maximum Gasteiger partial charge on any atom is 0.310 e. The fraction of sp³-hybridized carbons (Fsp3) is 0.0526. The Hall–Kier alpha value is -3.74. The zero-order valence-corrected chi connectivity index (χ0v) is 13.7. The highest BCUT2D eigenvalue weighted by atomic mass is 16.6. The van der Waals surface area contributed by atoms with Gasteiger partial charge in [0.05, 0.1) is 10.6 Å². The van der Waals surface area contributed by atoms with Gasteiger partial charge >= 0.3 is 5.95 Å². The van der Waals surface area contributed by atoms with Gasteiger partial charge in [-0.05, 0) is 25.1 Å². The van der Waals surface area contributed by atoms with Crippen molar-refractivity contribution in [3.8, 4) is 17.4 Å². The molecular formula is C19H13N3O4. The predicted molar refractivity (Wildman–Crippen MR) is 97.3 cm³/mol. The van der Waals surface area contributed by atoms with Crippen LogP contribution < -0.4 is 0 Å². The van der Waals surface area contributed by atoms with E-state index in [1.165, 1.54) is 18.2 Å². The molecule has 0 amide bonds. The lowest BCUT2D eigenvalue weighted by atomic mass is 10.0. The van der Waals surface area contributed by atoms with Crippen molar-refractivity contribution in [2.24, 2.45) is 4.99 Å². The zero-order valence-electron chi connectivity index (χ0n) is 13.7. The minimum Gasteiger partial charge on any atom is -0.479 e. The molecule has 0 saturated heterocycles. The number of allylic oxidation sites excluding steroid dienone is 1. The summed E-state index contributed by atoms with van der Waals surface area (Å²) in [7, 11) is 0. The van der Waals surface area contributed by atoms with Crippen molar-refractivity contribution in [2.45, 2.75) is 6.92 Å². The number of non-ortho nitro benzene ring substituents is 1. The highest BCUT2D eigenvalue weighted by Gasteiger charge is 2.20. The van der Waals surface area contributed by atoms with E-state index in [0.29, 0.717) is 5.56 Å². The molecule has 128 valence electrons.